The Hall–Kier alpha value is -1.33. The maximum atomic E-state index is 11.9. The molecule has 21 heavy (non-hydrogen) atoms. The summed E-state index contributed by atoms with van der Waals surface area (Å²) < 4.78 is 7.05. The summed E-state index contributed by atoms with van der Waals surface area (Å²) in [6.07, 6.45) is -4.45. The molecular weight excluding hydrogens is 348 g/mol. The molecular formula is C11H13BrN4O5. The number of hydrogen-bond acceptors (Lipinski definition) is 7. The highest BCUT2D eigenvalue weighted by Crippen LogP contribution is 2.33. The largest absolute Gasteiger partial charge is 0.394 e. The summed E-state index contributed by atoms with van der Waals surface area (Å²) >= 11 is 3.19. The molecule has 1 unspecified atom stereocenters. The van der Waals surface area contributed by atoms with Gasteiger partial charge in [-0.25, -0.2) is 9.97 Å². The van der Waals surface area contributed by atoms with Crippen molar-refractivity contribution in [1.29, 1.82) is 0 Å². The van der Waals surface area contributed by atoms with E-state index in [1.165, 1.54) is 4.57 Å². The SMILES string of the molecule is Cc1nc2c(nc(Br)n2[C@@H]2O[C@H](CO)[C@H](O)C2O)c(=O)[nH]1. The van der Waals surface area contributed by atoms with E-state index in [-0.39, 0.29) is 15.9 Å². The minimum atomic E-state index is -1.28. The number of nitrogens with zero attached hydrogens (tertiary/aromatic N) is 3. The molecule has 1 aliphatic heterocycles. The van der Waals surface area contributed by atoms with E-state index in [1.807, 2.05) is 0 Å². The van der Waals surface area contributed by atoms with Gasteiger partial charge in [0.25, 0.3) is 5.56 Å². The van der Waals surface area contributed by atoms with E-state index in [1.54, 1.807) is 6.92 Å². The molecule has 2 aromatic rings. The number of aliphatic hydroxyl groups is 3. The van der Waals surface area contributed by atoms with Gasteiger partial charge in [-0.05, 0) is 22.9 Å². The van der Waals surface area contributed by atoms with Gasteiger partial charge in [0, 0.05) is 0 Å². The molecule has 3 heterocycles. The lowest BCUT2D eigenvalue weighted by Crippen LogP contribution is -2.33. The maximum Gasteiger partial charge on any atom is 0.279 e. The molecule has 0 aromatic carbocycles. The lowest BCUT2D eigenvalue weighted by Gasteiger charge is -2.17. The van der Waals surface area contributed by atoms with Gasteiger partial charge in [0.05, 0.1) is 6.61 Å². The number of imidazole rings is 1. The first-order valence-corrected chi connectivity index (χ1v) is 7.00. The van der Waals surface area contributed by atoms with E-state index in [0.29, 0.717) is 5.82 Å². The van der Waals surface area contributed by atoms with Crippen LogP contribution in [-0.2, 0) is 4.74 Å². The second-order valence-electron chi connectivity index (χ2n) is 4.80. The second-order valence-corrected chi connectivity index (χ2v) is 5.51. The standard InChI is InChI=1S/C11H13BrN4O5/c1-3-13-8-5(9(20)14-3)15-11(12)16(8)10-7(19)6(18)4(2-17)21-10/h4,6-7,10,17-19H,2H2,1H3,(H,13,14,20)/t4-,6+,7?,10-/m1/s1. The summed E-state index contributed by atoms with van der Waals surface area (Å²) in [7, 11) is 0. The van der Waals surface area contributed by atoms with Crippen LogP contribution in [0.2, 0.25) is 0 Å². The molecule has 4 atom stereocenters. The molecule has 1 fully saturated rings. The minimum Gasteiger partial charge on any atom is -0.394 e. The molecule has 4 N–H and O–H groups in total. The van der Waals surface area contributed by atoms with Gasteiger partial charge in [0.1, 0.15) is 24.1 Å². The highest BCUT2D eigenvalue weighted by molar-refractivity contribution is 9.10. The van der Waals surface area contributed by atoms with Crippen molar-refractivity contribution in [3.63, 3.8) is 0 Å². The highest BCUT2D eigenvalue weighted by Gasteiger charge is 2.44. The minimum absolute atomic E-state index is 0.0882. The first-order chi connectivity index (χ1) is 9.93. The van der Waals surface area contributed by atoms with E-state index in [2.05, 4.69) is 30.9 Å². The molecule has 114 valence electrons. The average Bonchev–Trinajstić information content (AvgIpc) is 2.89. The molecule has 10 heteroatoms. The van der Waals surface area contributed by atoms with Crippen LogP contribution in [0.5, 0.6) is 0 Å². The number of aromatic amines is 1. The van der Waals surface area contributed by atoms with Crippen molar-refractivity contribution >= 4 is 27.1 Å². The van der Waals surface area contributed by atoms with Crippen LogP contribution in [0.1, 0.15) is 12.1 Å². The van der Waals surface area contributed by atoms with Gasteiger partial charge in [0.15, 0.2) is 22.1 Å². The van der Waals surface area contributed by atoms with Gasteiger partial charge in [-0.2, -0.15) is 0 Å². The van der Waals surface area contributed by atoms with Crippen LogP contribution in [0.4, 0.5) is 0 Å². The number of nitrogens with one attached hydrogen (secondary N) is 1. The lowest BCUT2D eigenvalue weighted by atomic mass is 10.1. The molecule has 2 aromatic heterocycles. The van der Waals surface area contributed by atoms with Crippen LogP contribution in [0.25, 0.3) is 11.2 Å². The van der Waals surface area contributed by atoms with E-state index >= 15 is 0 Å². The molecule has 0 amide bonds. The number of aryl methyl sites for hydroxylation is 1. The quantitative estimate of drug-likeness (QED) is 0.494. The first-order valence-electron chi connectivity index (χ1n) is 6.21. The van der Waals surface area contributed by atoms with Gasteiger partial charge in [0.2, 0.25) is 0 Å². The first kappa shape index (κ1) is 14.6. The number of rotatable bonds is 2. The molecule has 1 aliphatic rings. The van der Waals surface area contributed by atoms with Crippen LogP contribution < -0.4 is 5.56 Å². The van der Waals surface area contributed by atoms with Gasteiger partial charge >= 0.3 is 0 Å². The monoisotopic (exact) mass is 360 g/mol. The van der Waals surface area contributed by atoms with Gasteiger partial charge in [-0.15, -0.1) is 0 Å². The zero-order valence-electron chi connectivity index (χ0n) is 10.9. The number of aromatic nitrogens is 4. The molecule has 0 spiro atoms. The van der Waals surface area contributed by atoms with E-state index in [4.69, 9.17) is 9.84 Å². The Morgan fingerprint density at radius 3 is 2.71 bits per heavy atom. The van der Waals surface area contributed by atoms with Crippen LogP contribution in [-0.4, -0.2) is 59.8 Å². The van der Waals surface area contributed by atoms with Crippen molar-refractivity contribution in [3.05, 3.63) is 20.9 Å². The normalized spacial score (nSPS) is 29.4. The number of aliphatic hydroxyl groups excluding tert-OH is 3. The predicted molar refractivity (Wildman–Crippen MR) is 73.6 cm³/mol. The number of H-pyrrole nitrogens is 1. The van der Waals surface area contributed by atoms with Crippen molar-refractivity contribution in [2.24, 2.45) is 0 Å². The van der Waals surface area contributed by atoms with Crippen molar-refractivity contribution < 1.29 is 20.1 Å². The fraction of sp³-hybridized carbons (Fsp3) is 0.545. The van der Waals surface area contributed by atoms with E-state index < -0.39 is 36.7 Å². The van der Waals surface area contributed by atoms with Crippen LogP contribution in [0.15, 0.2) is 9.53 Å². The average molecular weight is 361 g/mol. The molecule has 0 saturated carbocycles. The Kier molecular flexibility index (Phi) is 3.58. The topological polar surface area (TPSA) is 133 Å². The van der Waals surface area contributed by atoms with Crippen molar-refractivity contribution in [2.45, 2.75) is 31.5 Å². The van der Waals surface area contributed by atoms with Crippen LogP contribution >= 0.6 is 15.9 Å². The Bertz CT molecular complexity index is 744. The predicted octanol–water partition coefficient (Wildman–Crippen LogP) is -1.20. The fourth-order valence-electron chi connectivity index (χ4n) is 2.39. The van der Waals surface area contributed by atoms with Gasteiger partial charge < -0.3 is 25.0 Å². The highest BCUT2D eigenvalue weighted by atomic mass is 79.9. The lowest BCUT2D eigenvalue weighted by molar-refractivity contribution is -0.0521. The Morgan fingerprint density at radius 2 is 2.10 bits per heavy atom. The molecule has 1 saturated heterocycles. The smallest absolute Gasteiger partial charge is 0.279 e. The Labute approximate surface area is 126 Å². The molecule has 0 bridgehead atoms. The number of halogens is 1. The molecule has 0 aliphatic carbocycles. The van der Waals surface area contributed by atoms with E-state index in [0.717, 1.165) is 0 Å². The third kappa shape index (κ3) is 2.19. The third-order valence-corrected chi connectivity index (χ3v) is 3.96. The van der Waals surface area contributed by atoms with Crippen molar-refractivity contribution in [3.8, 4) is 0 Å². The fourth-order valence-corrected chi connectivity index (χ4v) is 2.93. The Morgan fingerprint density at radius 1 is 1.38 bits per heavy atom. The third-order valence-electron chi connectivity index (χ3n) is 3.40. The maximum absolute atomic E-state index is 11.9. The molecule has 3 rings (SSSR count). The number of ether oxygens (including phenoxy) is 1. The summed E-state index contributed by atoms with van der Waals surface area (Å²) in [6.45, 7) is 1.18. The summed E-state index contributed by atoms with van der Waals surface area (Å²) in [5, 5.41) is 29.0. The van der Waals surface area contributed by atoms with Gasteiger partial charge in [-0.1, -0.05) is 0 Å². The number of hydrogen-bond donors (Lipinski definition) is 4. The van der Waals surface area contributed by atoms with E-state index in [9.17, 15) is 15.0 Å². The molecule has 0 radical (unpaired) electrons. The van der Waals surface area contributed by atoms with Crippen LogP contribution in [0.3, 0.4) is 0 Å². The van der Waals surface area contributed by atoms with Crippen molar-refractivity contribution in [2.75, 3.05) is 6.61 Å². The van der Waals surface area contributed by atoms with Gasteiger partial charge in [-0.3, -0.25) is 9.36 Å². The summed E-state index contributed by atoms with van der Waals surface area (Å²) in [6, 6.07) is 0. The zero-order valence-corrected chi connectivity index (χ0v) is 12.5. The zero-order chi connectivity index (χ0) is 15.3. The number of fused-ring (bicyclic) bond motifs is 1. The summed E-state index contributed by atoms with van der Waals surface area (Å²) in [5.41, 5.74) is -0.105. The summed E-state index contributed by atoms with van der Waals surface area (Å²) in [4.78, 5) is 22.6. The Balaban J connectivity index is 2.17. The summed E-state index contributed by atoms with van der Waals surface area (Å²) in [5.74, 6) is 0.382. The van der Waals surface area contributed by atoms with Crippen LogP contribution in [0, 0.1) is 6.92 Å². The van der Waals surface area contributed by atoms with Crippen molar-refractivity contribution in [1.82, 2.24) is 19.5 Å². The second kappa shape index (κ2) is 5.14. The molecule has 9 nitrogen and oxygen atoms in total.